The number of hydrogen-bond acceptors (Lipinski definition) is 3. The summed E-state index contributed by atoms with van der Waals surface area (Å²) in [4.78, 5) is 2.42. The van der Waals surface area contributed by atoms with Gasteiger partial charge in [0, 0.05) is 29.6 Å². The molecule has 0 saturated carbocycles. The number of ether oxygens (including phenoxy) is 1. The first-order valence-corrected chi connectivity index (χ1v) is 8.42. The largest absolute Gasteiger partial charge is 0.492 e. The topological polar surface area (TPSA) is 24.5 Å². The average Bonchev–Trinajstić information content (AvgIpc) is 2.45. The Morgan fingerprint density at radius 1 is 1.33 bits per heavy atom. The fraction of sp³-hybridized carbons (Fsp3) is 0.625. The van der Waals surface area contributed by atoms with E-state index in [1.54, 1.807) is 6.07 Å². The molecular formula is C16H22Cl2N2O. The molecule has 0 aromatic heterocycles. The Morgan fingerprint density at radius 3 is 3.00 bits per heavy atom. The molecule has 0 amide bonds. The molecule has 5 heteroatoms. The van der Waals surface area contributed by atoms with E-state index in [0.717, 1.165) is 30.2 Å². The predicted octanol–water partition coefficient (Wildman–Crippen LogP) is 3.75. The summed E-state index contributed by atoms with van der Waals surface area (Å²) < 4.78 is 5.71. The molecule has 21 heavy (non-hydrogen) atoms. The number of rotatable bonds is 3. The lowest BCUT2D eigenvalue weighted by Crippen LogP contribution is -2.39. The van der Waals surface area contributed by atoms with Crippen LogP contribution >= 0.6 is 23.2 Å². The number of piperidine rings is 1. The number of benzene rings is 1. The van der Waals surface area contributed by atoms with Crippen LogP contribution in [-0.2, 0) is 0 Å². The third kappa shape index (κ3) is 3.65. The summed E-state index contributed by atoms with van der Waals surface area (Å²) in [6, 6.07) is 4.02. The molecule has 2 unspecified atom stereocenters. The van der Waals surface area contributed by atoms with Crippen LogP contribution in [0.3, 0.4) is 0 Å². The number of fused-ring (bicyclic) bond motifs is 1. The van der Waals surface area contributed by atoms with Crippen LogP contribution in [0.4, 0.5) is 0 Å². The maximum atomic E-state index is 6.24. The fourth-order valence-electron chi connectivity index (χ4n) is 3.39. The molecule has 0 spiro atoms. The first-order chi connectivity index (χ1) is 10.1. The lowest BCUT2D eigenvalue weighted by Gasteiger charge is -2.33. The number of hydrogen-bond donors (Lipinski definition) is 1. The van der Waals surface area contributed by atoms with Gasteiger partial charge in [-0.05, 0) is 51.0 Å². The van der Waals surface area contributed by atoms with E-state index < -0.39 is 0 Å². The smallest absolute Gasteiger partial charge is 0.142 e. The summed E-state index contributed by atoms with van der Waals surface area (Å²) in [7, 11) is 2.20. The Balaban J connectivity index is 1.67. The van der Waals surface area contributed by atoms with Gasteiger partial charge in [0.05, 0.1) is 11.6 Å². The van der Waals surface area contributed by atoms with E-state index in [1.165, 1.54) is 25.9 Å². The van der Waals surface area contributed by atoms with Crippen LogP contribution in [0.2, 0.25) is 10.0 Å². The zero-order chi connectivity index (χ0) is 14.8. The van der Waals surface area contributed by atoms with Crippen LogP contribution in [-0.4, -0.2) is 38.2 Å². The van der Waals surface area contributed by atoms with Gasteiger partial charge in [-0.25, -0.2) is 0 Å². The van der Waals surface area contributed by atoms with Crippen LogP contribution < -0.4 is 10.1 Å². The van der Waals surface area contributed by atoms with Crippen molar-refractivity contribution in [2.24, 2.45) is 5.92 Å². The molecule has 0 bridgehead atoms. The van der Waals surface area contributed by atoms with Crippen LogP contribution in [0.25, 0.3) is 0 Å². The quantitative estimate of drug-likeness (QED) is 0.914. The molecule has 1 aromatic carbocycles. The Kier molecular flexibility index (Phi) is 4.95. The van der Waals surface area contributed by atoms with Crippen LogP contribution in [0.5, 0.6) is 5.75 Å². The number of nitrogens with zero attached hydrogens (tertiary/aromatic N) is 1. The number of nitrogens with one attached hydrogen (secondary N) is 1. The van der Waals surface area contributed by atoms with Gasteiger partial charge < -0.3 is 15.0 Å². The Morgan fingerprint density at radius 2 is 2.19 bits per heavy atom. The van der Waals surface area contributed by atoms with Crippen molar-refractivity contribution in [3.05, 3.63) is 27.7 Å². The standard InChI is InChI=1S/C16H22Cl2N2O/c1-20-5-2-3-11(10-20)9-19-15-4-6-21-16-13(15)7-12(17)8-14(16)18/h7-8,11,15,19H,2-6,9-10H2,1H3. The van der Waals surface area contributed by atoms with Crippen molar-refractivity contribution in [2.45, 2.75) is 25.3 Å². The maximum Gasteiger partial charge on any atom is 0.142 e. The lowest BCUT2D eigenvalue weighted by atomic mass is 9.96. The zero-order valence-electron chi connectivity index (χ0n) is 12.4. The van der Waals surface area contributed by atoms with Crippen molar-refractivity contribution in [2.75, 3.05) is 33.3 Å². The summed E-state index contributed by atoms with van der Waals surface area (Å²) in [5.41, 5.74) is 1.10. The molecule has 1 fully saturated rings. The van der Waals surface area contributed by atoms with Gasteiger partial charge in [-0.2, -0.15) is 0 Å². The second kappa shape index (κ2) is 6.74. The van der Waals surface area contributed by atoms with Gasteiger partial charge in [-0.1, -0.05) is 23.2 Å². The third-order valence-corrected chi connectivity index (χ3v) is 4.94. The van der Waals surface area contributed by atoms with Gasteiger partial charge >= 0.3 is 0 Å². The molecule has 2 aliphatic heterocycles. The Hall–Kier alpha value is -0.480. The monoisotopic (exact) mass is 328 g/mol. The molecule has 1 aromatic rings. The van der Waals surface area contributed by atoms with Crippen molar-refractivity contribution >= 4 is 23.2 Å². The second-order valence-corrected chi connectivity index (χ2v) is 7.02. The minimum Gasteiger partial charge on any atom is -0.492 e. The fourth-order valence-corrected chi connectivity index (χ4v) is 3.95. The predicted molar refractivity (Wildman–Crippen MR) is 87.5 cm³/mol. The van der Waals surface area contributed by atoms with E-state index in [9.17, 15) is 0 Å². The van der Waals surface area contributed by atoms with Crippen molar-refractivity contribution < 1.29 is 4.74 Å². The summed E-state index contributed by atoms with van der Waals surface area (Å²) in [6.45, 7) is 4.15. The minimum absolute atomic E-state index is 0.289. The lowest BCUT2D eigenvalue weighted by molar-refractivity contribution is 0.194. The molecule has 3 rings (SSSR count). The first-order valence-electron chi connectivity index (χ1n) is 7.67. The van der Waals surface area contributed by atoms with E-state index in [-0.39, 0.29) is 6.04 Å². The molecule has 2 atom stereocenters. The first kappa shape index (κ1) is 15.4. The molecule has 1 saturated heterocycles. The zero-order valence-corrected chi connectivity index (χ0v) is 13.9. The third-order valence-electron chi connectivity index (χ3n) is 4.44. The normalized spacial score (nSPS) is 26.2. The maximum absolute atomic E-state index is 6.24. The van der Waals surface area contributed by atoms with Gasteiger partial charge in [0.2, 0.25) is 0 Å². The van der Waals surface area contributed by atoms with Gasteiger partial charge in [-0.3, -0.25) is 0 Å². The highest BCUT2D eigenvalue weighted by Crippen LogP contribution is 2.40. The molecule has 1 N–H and O–H groups in total. The van der Waals surface area contributed by atoms with Crippen LogP contribution in [0.15, 0.2) is 12.1 Å². The highest BCUT2D eigenvalue weighted by Gasteiger charge is 2.25. The number of halogens is 2. The molecule has 2 aliphatic rings. The van der Waals surface area contributed by atoms with E-state index in [4.69, 9.17) is 27.9 Å². The highest BCUT2D eigenvalue weighted by molar-refractivity contribution is 6.35. The molecule has 116 valence electrons. The summed E-state index contributed by atoms with van der Waals surface area (Å²) >= 11 is 12.4. The number of likely N-dealkylation sites (tertiary alicyclic amines) is 1. The molecule has 3 nitrogen and oxygen atoms in total. The molecule has 0 aliphatic carbocycles. The van der Waals surface area contributed by atoms with Crippen molar-refractivity contribution in [1.29, 1.82) is 0 Å². The second-order valence-electron chi connectivity index (χ2n) is 6.17. The van der Waals surface area contributed by atoms with E-state index in [1.807, 2.05) is 6.07 Å². The van der Waals surface area contributed by atoms with Crippen LogP contribution in [0.1, 0.15) is 30.9 Å². The van der Waals surface area contributed by atoms with Crippen LogP contribution in [0, 0.1) is 5.92 Å². The van der Waals surface area contributed by atoms with E-state index in [0.29, 0.717) is 16.7 Å². The molecule has 2 heterocycles. The SMILES string of the molecule is CN1CCCC(CNC2CCOc3c(Cl)cc(Cl)cc32)C1. The van der Waals surface area contributed by atoms with E-state index >= 15 is 0 Å². The minimum atomic E-state index is 0.289. The average molecular weight is 329 g/mol. The molecule has 0 radical (unpaired) electrons. The Bertz CT molecular complexity index is 509. The highest BCUT2D eigenvalue weighted by atomic mass is 35.5. The van der Waals surface area contributed by atoms with Crippen molar-refractivity contribution in [3.8, 4) is 5.75 Å². The van der Waals surface area contributed by atoms with Gasteiger partial charge in [0.25, 0.3) is 0 Å². The van der Waals surface area contributed by atoms with Crippen molar-refractivity contribution in [3.63, 3.8) is 0 Å². The Labute approximate surface area is 136 Å². The molecular weight excluding hydrogens is 307 g/mol. The summed E-state index contributed by atoms with van der Waals surface area (Å²) in [5, 5.41) is 4.99. The van der Waals surface area contributed by atoms with E-state index in [2.05, 4.69) is 17.3 Å². The summed E-state index contributed by atoms with van der Waals surface area (Å²) in [6.07, 6.45) is 3.57. The van der Waals surface area contributed by atoms with Crippen molar-refractivity contribution in [1.82, 2.24) is 10.2 Å². The van der Waals surface area contributed by atoms with Gasteiger partial charge in [0.15, 0.2) is 0 Å². The van der Waals surface area contributed by atoms with Gasteiger partial charge in [0.1, 0.15) is 5.75 Å². The van der Waals surface area contributed by atoms with Gasteiger partial charge in [-0.15, -0.1) is 0 Å². The summed E-state index contributed by atoms with van der Waals surface area (Å²) in [5.74, 6) is 1.52.